The van der Waals surface area contributed by atoms with Crippen LogP contribution in [0.1, 0.15) is 6.92 Å². The molecule has 0 radical (unpaired) electrons. The molecule has 1 amide bonds. The maximum Gasteiger partial charge on any atom is 0.239 e. The van der Waals surface area contributed by atoms with E-state index in [9.17, 15) is 9.90 Å². The number of aromatic hydroxyl groups is 1. The molecule has 2 aromatic heterocycles. The van der Waals surface area contributed by atoms with Crippen molar-refractivity contribution >= 4 is 34.1 Å². The van der Waals surface area contributed by atoms with E-state index in [0.29, 0.717) is 28.2 Å². The van der Waals surface area contributed by atoms with E-state index < -0.39 is 5.25 Å². The first-order valence-corrected chi connectivity index (χ1v) is 9.55. The normalized spacial score (nSPS) is 11.9. The Balaban J connectivity index is 1.82. The number of carbonyl (C=O) groups is 1. The summed E-state index contributed by atoms with van der Waals surface area (Å²) >= 11 is 2.65. The van der Waals surface area contributed by atoms with Gasteiger partial charge in [-0.15, -0.1) is 28.1 Å². The molecule has 2 heterocycles. The lowest BCUT2D eigenvalue weighted by Crippen LogP contribution is -2.22. The van der Waals surface area contributed by atoms with Gasteiger partial charge in [-0.25, -0.2) is 4.98 Å². The number of thiazole rings is 1. The summed E-state index contributed by atoms with van der Waals surface area (Å²) in [5, 5.41) is 23.8. The molecule has 0 aliphatic rings. The number of para-hydroxylation sites is 1. The van der Waals surface area contributed by atoms with Crippen molar-refractivity contribution in [2.45, 2.75) is 23.9 Å². The lowest BCUT2D eigenvalue weighted by molar-refractivity contribution is -0.115. The standard InChI is InChI=1S/C17H17N5O2S2/c1-3-9-22-14(12-6-4-5-7-13(12)23)20-21-17(22)26-11(2)15(24)19-16-18-8-10-25-16/h3-8,10-11,23H,1,9H2,2H3,(H,18,19,24)/t11-/m0/s1. The fraction of sp³-hybridized carbons (Fsp3) is 0.176. The first-order valence-electron chi connectivity index (χ1n) is 7.79. The third-order valence-corrected chi connectivity index (χ3v) is 5.26. The first-order chi connectivity index (χ1) is 12.6. The van der Waals surface area contributed by atoms with Crippen LogP contribution >= 0.6 is 23.1 Å². The average molecular weight is 387 g/mol. The predicted molar refractivity (Wildman–Crippen MR) is 103 cm³/mol. The van der Waals surface area contributed by atoms with E-state index in [0.717, 1.165) is 0 Å². The molecule has 0 saturated heterocycles. The summed E-state index contributed by atoms with van der Waals surface area (Å²) in [6.45, 7) is 6.01. The maximum atomic E-state index is 12.3. The van der Waals surface area contributed by atoms with Crippen molar-refractivity contribution in [3.05, 3.63) is 48.5 Å². The van der Waals surface area contributed by atoms with Gasteiger partial charge in [0.2, 0.25) is 5.91 Å². The fourth-order valence-electron chi connectivity index (χ4n) is 2.24. The van der Waals surface area contributed by atoms with Crippen molar-refractivity contribution < 1.29 is 9.90 Å². The van der Waals surface area contributed by atoms with Gasteiger partial charge in [0, 0.05) is 18.1 Å². The van der Waals surface area contributed by atoms with E-state index in [1.807, 2.05) is 10.6 Å². The van der Waals surface area contributed by atoms with Crippen LogP contribution in [0.2, 0.25) is 0 Å². The van der Waals surface area contributed by atoms with E-state index in [2.05, 4.69) is 27.1 Å². The molecule has 3 rings (SSSR count). The van der Waals surface area contributed by atoms with Gasteiger partial charge in [0.1, 0.15) is 5.75 Å². The highest BCUT2D eigenvalue weighted by Crippen LogP contribution is 2.31. The van der Waals surface area contributed by atoms with Crippen LogP contribution in [0, 0.1) is 0 Å². The number of anilines is 1. The lowest BCUT2D eigenvalue weighted by Gasteiger charge is -2.12. The number of aromatic nitrogens is 4. The van der Waals surface area contributed by atoms with E-state index in [1.165, 1.54) is 23.1 Å². The molecule has 9 heteroatoms. The first kappa shape index (κ1) is 18.2. The Hall–Kier alpha value is -2.65. The molecule has 2 N–H and O–H groups in total. The van der Waals surface area contributed by atoms with Gasteiger partial charge in [0.05, 0.1) is 10.8 Å². The number of carbonyl (C=O) groups excluding carboxylic acids is 1. The van der Waals surface area contributed by atoms with Crippen molar-refractivity contribution in [3.63, 3.8) is 0 Å². The van der Waals surface area contributed by atoms with Crippen molar-refractivity contribution in [2.24, 2.45) is 0 Å². The van der Waals surface area contributed by atoms with Gasteiger partial charge >= 0.3 is 0 Å². The Bertz CT molecular complexity index is 908. The Kier molecular flexibility index (Phi) is 5.69. The van der Waals surface area contributed by atoms with Crippen LogP contribution in [-0.2, 0) is 11.3 Å². The number of nitrogens with zero attached hydrogens (tertiary/aromatic N) is 4. The molecular formula is C17H17N5O2S2. The minimum atomic E-state index is -0.399. The summed E-state index contributed by atoms with van der Waals surface area (Å²) in [5.74, 6) is 0.483. The molecule has 0 bridgehead atoms. The monoisotopic (exact) mass is 387 g/mol. The Morgan fingerprint density at radius 3 is 2.96 bits per heavy atom. The minimum absolute atomic E-state index is 0.122. The van der Waals surface area contributed by atoms with Crippen molar-refractivity contribution in [1.29, 1.82) is 0 Å². The molecule has 26 heavy (non-hydrogen) atoms. The number of allylic oxidation sites excluding steroid dienone is 1. The van der Waals surface area contributed by atoms with Gasteiger partial charge in [-0.2, -0.15) is 0 Å². The number of amides is 1. The van der Waals surface area contributed by atoms with E-state index in [1.54, 1.807) is 42.8 Å². The van der Waals surface area contributed by atoms with Gasteiger partial charge in [0.15, 0.2) is 16.1 Å². The molecule has 0 fully saturated rings. The zero-order valence-corrected chi connectivity index (χ0v) is 15.6. The summed E-state index contributed by atoms with van der Waals surface area (Å²) in [7, 11) is 0. The third-order valence-electron chi connectivity index (χ3n) is 3.49. The number of phenols is 1. The maximum absolute atomic E-state index is 12.3. The van der Waals surface area contributed by atoms with Crippen LogP contribution in [-0.4, -0.2) is 36.0 Å². The van der Waals surface area contributed by atoms with Crippen LogP contribution < -0.4 is 5.32 Å². The summed E-state index contributed by atoms with van der Waals surface area (Å²) in [6, 6.07) is 6.93. The van der Waals surface area contributed by atoms with Gasteiger partial charge in [-0.05, 0) is 19.1 Å². The third kappa shape index (κ3) is 3.94. The van der Waals surface area contributed by atoms with Gasteiger partial charge < -0.3 is 10.4 Å². The van der Waals surface area contributed by atoms with Crippen molar-refractivity contribution in [2.75, 3.05) is 5.32 Å². The Labute approximate surface area is 158 Å². The number of nitrogens with one attached hydrogen (secondary N) is 1. The number of hydrogen-bond donors (Lipinski definition) is 2. The minimum Gasteiger partial charge on any atom is -0.507 e. The van der Waals surface area contributed by atoms with Crippen molar-refractivity contribution in [1.82, 2.24) is 19.7 Å². The quantitative estimate of drug-likeness (QED) is 0.477. The predicted octanol–water partition coefficient (Wildman–Crippen LogP) is 3.41. The molecule has 134 valence electrons. The molecule has 1 aromatic carbocycles. The van der Waals surface area contributed by atoms with E-state index in [4.69, 9.17) is 0 Å². The molecule has 0 aliphatic heterocycles. The topological polar surface area (TPSA) is 92.9 Å². The molecule has 1 atom stereocenters. The highest BCUT2D eigenvalue weighted by atomic mass is 32.2. The smallest absolute Gasteiger partial charge is 0.239 e. The number of rotatable bonds is 7. The molecule has 0 saturated carbocycles. The number of phenolic OH excluding ortho intramolecular Hbond substituents is 1. The van der Waals surface area contributed by atoms with Gasteiger partial charge in [0.25, 0.3) is 0 Å². The van der Waals surface area contributed by atoms with E-state index in [-0.39, 0.29) is 11.7 Å². The van der Waals surface area contributed by atoms with Crippen LogP contribution in [0.25, 0.3) is 11.4 Å². The van der Waals surface area contributed by atoms with Crippen LogP contribution in [0.5, 0.6) is 5.75 Å². The van der Waals surface area contributed by atoms with E-state index >= 15 is 0 Å². The summed E-state index contributed by atoms with van der Waals surface area (Å²) in [6.07, 6.45) is 3.36. The average Bonchev–Trinajstić information content (AvgIpc) is 3.26. The second-order valence-electron chi connectivity index (χ2n) is 5.31. The Morgan fingerprint density at radius 2 is 2.27 bits per heavy atom. The SMILES string of the molecule is C=CCn1c(S[C@@H](C)C(=O)Nc2nccs2)nnc1-c1ccccc1O. The zero-order chi connectivity index (χ0) is 18.5. The van der Waals surface area contributed by atoms with Crippen molar-refractivity contribution in [3.8, 4) is 17.1 Å². The molecule has 0 spiro atoms. The number of thioether (sulfide) groups is 1. The van der Waals surface area contributed by atoms with Crippen LogP contribution in [0.4, 0.5) is 5.13 Å². The molecular weight excluding hydrogens is 370 g/mol. The molecule has 7 nitrogen and oxygen atoms in total. The van der Waals surface area contributed by atoms with Crippen LogP contribution in [0.15, 0.2) is 53.7 Å². The highest BCUT2D eigenvalue weighted by Gasteiger charge is 2.22. The number of hydrogen-bond acceptors (Lipinski definition) is 7. The molecule has 3 aromatic rings. The Morgan fingerprint density at radius 1 is 1.46 bits per heavy atom. The zero-order valence-electron chi connectivity index (χ0n) is 14.0. The second kappa shape index (κ2) is 8.15. The summed E-state index contributed by atoms with van der Waals surface area (Å²) < 4.78 is 1.82. The lowest BCUT2D eigenvalue weighted by atomic mass is 10.2. The number of benzene rings is 1. The molecule has 0 unspecified atom stereocenters. The van der Waals surface area contributed by atoms with Crippen LogP contribution in [0.3, 0.4) is 0 Å². The van der Waals surface area contributed by atoms with Gasteiger partial charge in [-0.3, -0.25) is 9.36 Å². The highest BCUT2D eigenvalue weighted by molar-refractivity contribution is 8.00. The summed E-state index contributed by atoms with van der Waals surface area (Å²) in [5.41, 5.74) is 0.577. The largest absolute Gasteiger partial charge is 0.507 e. The summed E-state index contributed by atoms with van der Waals surface area (Å²) in [4.78, 5) is 16.4. The van der Waals surface area contributed by atoms with Gasteiger partial charge in [-0.1, -0.05) is 30.0 Å². The molecule has 0 aliphatic carbocycles. The second-order valence-corrected chi connectivity index (χ2v) is 7.51. The fourth-order valence-corrected chi connectivity index (χ4v) is 3.63.